The van der Waals surface area contributed by atoms with E-state index in [0.29, 0.717) is 23.7 Å². The van der Waals surface area contributed by atoms with E-state index in [-0.39, 0.29) is 5.82 Å². The summed E-state index contributed by atoms with van der Waals surface area (Å²) in [6, 6.07) is 14.8. The van der Waals surface area contributed by atoms with Crippen LogP contribution in [0.1, 0.15) is 11.3 Å². The lowest BCUT2D eigenvalue weighted by molar-refractivity contribution is 0.599. The average molecular weight is 289 g/mol. The fourth-order valence-corrected chi connectivity index (χ4v) is 2.60. The number of hydrogen-bond donors (Lipinski definition) is 1. The van der Waals surface area contributed by atoms with Gasteiger partial charge >= 0.3 is 0 Å². The summed E-state index contributed by atoms with van der Waals surface area (Å²) in [5, 5.41) is 1.52. The molecule has 102 valence electrons. The van der Waals surface area contributed by atoms with E-state index in [1.165, 1.54) is 6.07 Å². The fourth-order valence-electron chi connectivity index (χ4n) is 2.44. The van der Waals surface area contributed by atoms with E-state index >= 15 is 0 Å². The highest BCUT2D eigenvalue weighted by atomic mass is 35.5. The molecule has 0 amide bonds. The zero-order valence-corrected chi connectivity index (χ0v) is 11.6. The fraction of sp³-hybridized carbons (Fsp3) is 0.125. The topological polar surface area (TPSA) is 30.9 Å². The van der Waals surface area contributed by atoms with Crippen LogP contribution in [0.15, 0.2) is 48.5 Å². The van der Waals surface area contributed by atoms with Crippen LogP contribution in [0.2, 0.25) is 5.02 Å². The van der Waals surface area contributed by atoms with Crippen molar-refractivity contribution in [1.29, 1.82) is 0 Å². The number of hydrogen-bond acceptors (Lipinski definition) is 1. The van der Waals surface area contributed by atoms with Crippen molar-refractivity contribution in [3.05, 3.63) is 70.6 Å². The average Bonchev–Trinajstić information content (AvgIpc) is 2.80. The number of para-hydroxylation sites is 1. The predicted molar refractivity (Wildman–Crippen MR) is 80.3 cm³/mol. The molecule has 0 spiro atoms. The van der Waals surface area contributed by atoms with Gasteiger partial charge in [-0.15, -0.1) is 0 Å². The molecule has 2 nitrogen and oxygen atoms in total. The van der Waals surface area contributed by atoms with Gasteiger partial charge in [0.2, 0.25) is 0 Å². The van der Waals surface area contributed by atoms with Gasteiger partial charge in [0.05, 0.1) is 6.54 Å². The second-order valence-corrected chi connectivity index (χ2v) is 5.16. The minimum Gasteiger partial charge on any atom is -0.339 e. The van der Waals surface area contributed by atoms with Crippen molar-refractivity contribution in [1.82, 2.24) is 4.57 Å². The highest BCUT2D eigenvalue weighted by Crippen LogP contribution is 2.23. The Labute approximate surface area is 121 Å². The molecule has 2 N–H and O–H groups in total. The zero-order valence-electron chi connectivity index (χ0n) is 10.8. The van der Waals surface area contributed by atoms with Gasteiger partial charge in [0.1, 0.15) is 5.82 Å². The Kier molecular flexibility index (Phi) is 3.47. The molecule has 0 radical (unpaired) electrons. The van der Waals surface area contributed by atoms with Gasteiger partial charge in [-0.25, -0.2) is 4.39 Å². The van der Waals surface area contributed by atoms with Crippen molar-refractivity contribution in [3.8, 4) is 0 Å². The Morgan fingerprint density at radius 3 is 2.65 bits per heavy atom. The number of nitrogens with zero attached hydrogens (tertiary/aromatic N) is 1. The summed E-state index contributed by atoms with van der Waals surface area (Å²) in [4.78, 5) is 0. The third kappa shape index (κ3) is 2.30. The largest absolute Gasteiger partial charge is 0.339 e. The van der Waals surface area contributed by atoms with Crippen LogP contribution in [-0.2, 0) is 13.1 Å². The van der Waals surface area contributed by atoms with Gasteiger partial charge in [-0.2, -0.15) is 0 Å². The van der Waals surface area contributed by atoms with Crippen molar-refractivity contribution in [3.63, 3.8) is 0 Å². The molecular formula is C16H14ClFN2. The van der Waals surface area contributed by atoms with E-state index in [1.54, 1.807) is 12.1 Å². The van der Waals surface area contributed by atoms with E-state index in [4.69, 9.17) is 17.3 Å². The van der Waals surface area contributed by atoms with Crippen LogP contribution in [0.25, 0.3) is 10.9 Å². The number of benzene rings is 2. The molecule has 0 aliphatic carbocycles. The lowest BCUT2D eigenvalue weighted by Crippen LogP contribution is -2.09. The Bertz CT molecular complexity index is 764. The maximum absolute atomic E-state index is 13.9. The van der Waals surface area contributed by atoms with E-state index in [0.717, 1.165) is 16.6 Å². The molecule has 0 saturated carbocycles. The molecule has 0 unspecified atom stereocenters. The zero-order chi connectivity index (χ0) is 14.1. The van der Waals surface area contributed by atoms with Gasteiger partial charge in [0.25, 0.3) is 0 Å². The lowest BCUT2D eigenvalue weighted by atomic mass is 10.2. The summed E-state index contributed by atoms with van der Waals surface area (Å²) in [5.74, 6) is -0.293. The second-order valence-electron chi connectivity index (χ2n) is 4.72. The molecule has 0 bridgehead atoms. The van der Waals surface area contributed by atoms with Gasteiger partial charge in [-0.05, 0) is 29.7 Å². The Morgan fingerprint density at radius 2 is 1.90 bits per heavy atom. The smallest absolute Gasteiger partial charge is 0.129 e. The quantitative estimate of drug-likeness (QED) is 0.777. The maximum Gasteiger partial charge on any atom is 0.129 e. The Morgan fingerprint density at radius 1 is 1.10 bits per heavy atom. The van der Waals surface area contributed by atoms with Crippen LogP contribution < -0.4 is 5.73 Å². The molecule has 0 aliphatic heterocycles. The first kappa shape index (κ1) is 13.2. The van der Waals surface area contributed by atoms with Crippen LogP contribution in [0.4, 0.5) is 4.39 Å². The van der Waals surface area contributed by atoms with Crippen LogP contribution in [0, 0.1) is 5.82 Å². The van der Waals surface area contributed by atoms with Crippen molar-refractivity contribution in [2.24, 2.45) is 5.73 Å². The van der Waals surface area contributed by atoms with Gasteiger partial charge in [-0.3, -0.25) is 0 Å². The summed E-state index contributed by atoms with van der Waals surface area (Å²) in [7, 11) is 0. The molecule has 2 aromatic carbocycles. The third-order valence-corrected chi connectivity index (χ3v) is 3.68. The molecule has 0 fully saturated rings. The number of nitrogens with two attached hydrogens (primary N) is 1. The lowest BCUT2D eigenvalue weighted by Gasteiger charge is -2.11. The Hall–Kier alpha value is -1.84. The normalized spacial score (nSPS) is 11.2. The third-order valence-electron chi connectivity index (χ3n) is 3.45. The second kappa shape index (κ2) is 5.27. The molecule has 4 heteroatoms. The molecular weight excluding hydrogens is 275 g/mol. The molecule has 1 heterocycles. The van der Waals surface area contributed by atoms with E-state index in [1.807, 2.05) is 34.9 Å². The van der Waals surface area contributed by atoms with Gasteiger partial charge < -0.3 is 10.3 Å². The van der Waals surface area contributed by atoms with Crippen LogP contribution in [0.3, 0.4) is 0 Å². The van der Waals surface area contributed by atoms with Crippen molar-refractivity contribution >= 4 is 22.5 Å². The minimum atomic E-state index is -0.293. The van der Waals surface area contributed by atoms with E-state index in [2.05, 4.69) is 0 Å². The van der Waals surface area contributed by atoms with Gasteiger partial charge in [0, 0.05) is 28.3 Å². The molecule has 0 saturated heterocycles. The first-order valence-corrected chi connectivity index (χ1v) is 6.78. The molecule has 3 aromatic rings. The van der Waals surface area contributed by atoms with Gasteiger partial charge in [0.15, 0.2) is 0 Å². The number of rotatable bonds is 3. The summed E-state index contributed by atoms with van der Waals surface area (Å²) < 4.78 is 16.0. The molecule has 0 aliphatic rings. The van der Waals surface area contributed by atoms with E-state index < -0.39 is 0 Å². The summed E-state index contributed by atoms with van der Waals surface area (Å²) in [5.41, 5.74) is 8.44. The highest BCUT2D eigenvalue weighted by Gasteiger charge is 2.10. The number of halogens is 2. The maximum atomic E-state index is 13.9. The van der Waals surface area contributed by atoms with Crippen LogP contribution in [0.5, 0.6) is 0 Å². The summed E-state index contributed by atoms with van der Waals surface area (Å²) in [6.07, 6.45) is 0. The van der Waals surface area contributed by atoms with Crippen molar-refractivity contribution < 1.29 is 4.39 Å². The highest BCUT2D eigenvalue weighted by molar-refractivity contribution is 6.30. The van der Waals surface area contributed by atoms with Crippen LogP contribution >= 0.6 is 11.6 Å². The SMILES string of the molecule is NCc1cc2ccccc2n1Cc1ccc(Cl)cc1F. The Balaban J connectivity index is 2.09. The molecule has 20 heavy (non-hydrogen) atoms. The summed E-state index contributed by atoms with van der Waals surface area (Å²) in [6.45, 7) is 0.868. The van der Waals surface area contributed by atoms with Gasteiger partial charge in [-0.1, -0.05) is 35.9 Å². The minimum absolute atomic E-state index is 0.293. The predicted octanol–water partition coefficient (Wildman–Crippen LogP) is 3.94. The standard InChI is InChI=1S/C16H14ClFN2/c17-13-6-5-12(15(18)8-13)10-20-14(9-19)7-11-3-1-2-4-16(11)20/h1-8H,9-10,19H2. The molecule has 3 rings (SSSR count). The van der Waals surface area contributed by atoms with Crippen molar-refractivity contribution in [2.75, 3.05) is 0 Å². The molecule has 1 aromatic heterocycles. The first-order chi connectivity index (χ1) is 9.69. The van der Waals surface area contributed by atoms with E-state index in [9.17, 15) is 4.39 Å². The van der Waals surface area contributed by atoms with Crippen molar-refractivity contribution in [2.45, 2.75) is 13.1 Å². The number of aromatic nitrogens is 1. The number of fused-ring (bicyclic) bond motifs is 1. The van der Waals surface area contributed by atoms with Crippen LogP contribution in [-0.4, -0.2) is 4.57 Å². The first-order valence-electron chi connectivity index (χ1n) is 6.40. The summed E-state index contributed by atoms with van der Waals surface area (Å²) >= 11 is 5.79. The molecule has 0 atom stereocenters. The monoisotopic (exact) mass is 288 g/mol.